The van der Waals surface area contributed by atoms with E-state index < -0.39 is 0 Å². The molecule has 2 aliphatic carbocycles. The van der Waals surface area contributed by atoms with E-state index in [1.54, 1.807) is 5.57 Å². The zero-order valence-electron chi connectivity index (χ0n) is 18.0. The second-order valence-corrected chi connectivity index (χ2v) is 9.07. The molecule has 1 nitrogen and oxygen atoms in total. The van der Waals surface area contributed by atoms with Gasteiger partial charge in [-0.15, -0.1) is 0 Å². The summed E-state index contributed by atoms with van der Waals surface area (Å²) in [6.45, 7) is 13.6. The van der Waals surface area contributed by atoms with Crippen LogP contribution in [0.15, 0.2) is 72.4 Å². The first-order chi connectivity index (χ1) is 12.8. The van der Waals surface area contributed by atoms with Gasteiger partial charge in [-0.05, 0) is 93.9 Å². The van der Waals surface area contributed by atoms with Gasteiger partial charge in [-0.2, -0.15) is 0 Å². The predicted octanol–water partition coefficient (Wildman–Crippen LogP) is 7.93. The first-order valence-corrected chi connectivity index (χ1v) is 11.2. The van der Waals surface area contributed by atoms with Gasteiger partial charge in [0, 0.05) is 12.6 Å². The van der Waals surface area contributed by atoms with Crippen molar-refractivity contribution in [1.82, 2.24) is 0 Å². The van der Waals surface area contributed by atoms with Crippen LogP contribution < -0.4 is 0 Å². The van der Waals surface area contributed by atoms with E-state index in [9.17, 15) is 0 Å². The highest BCUT2D eigenvalue weighted by molar-refractivity contribution is 14.1. The average molecular weight is 475 g/mol. The summed E-state index contributed by atoms with van der Waals surface area (Å²) in [5.74, 6) is 1.01. The minimum Gasteiger partial charge on any atom is -0.288 e. The number of hydrogen-bond donors (Lipinski definition) is 0. The molecule has 0 aliphatic heterocycles. The van der Waals surface area contributed by atoms with Gasteiger partial charge in [0.1, 0.15) is 0 Å². The van der Waals surface area contributed by atoms with Crippen molar-refractivity contribution < 1.29 is 0 Å². The quantitative estimate of drug-likeness (QED) is 0.358. The van der Waals surface area contributed by atoms with Gasteiger partial charge in [0.2, 0.25) is 0 Å². The maximum atomic E-state index is 4.60. The maximum Gasteiger partial charge on any atom is 0.0656 e. The molecule has 2 atom stereocenters. The van der Waals surface area contributed by atoms with Crippen molar-refractivity contribution in [2.24, 2.45) is 16.8 Å². The molecule has 0 amide bonds. The summed E-state index contributed by atoms with van der Waals surface area (Å²) in [4.78, 5) is 4.60. The van der Waals surface area contributed by atoms with E-state index in [-0.39, 0.29) is 0 Å². The topological polar surface area (TPSA) is 12.4 Å². The Labute approximate surface area is 180 Å². The van der Waals surface area contributed by atoms with E-state index in [4.69, 9.17) is 0 Å². The van der Waals surface area contributed by atoms with Crippen LogP contribution in [0.2, 0.25) is 0 Å². The fraction of sp³-hybridized carbons (Fsp3) is 0.480. The molecule has 0 N–H and O–H groups in total. The van der Waals surface area contributed by atoms with Crippen molar-refractivity contribution in [1.29, 1.82) is 0 Å². The summed E-state index contributed by atoms with van der Waals surface area (Å²) in [5, 5.41) is 0. The SMILES string of the molecule is CC/C(I)=C1/C(C)=CC(C(C)C/C(CC)=C2/C=C(C)C=CC2C)=C/C1=N/C. The Morgan fingerprint density at radius 1 is 1.15 bits per heavy atom. The van der Waals surface area contributed by atoms with E-state index in [2.05, 4.69) is 99.5 Å². The van der Waals surface area contributed by atoms with Crippen LogP contribution in [0.1, 0.15) is 60.8 Å². The molecule has 2 unspecified atom stereocenters. The first-order valence-electron chi connectivity index (χ1n) is 10.2. The minimum absolute atomic E-state index is 0.492. The van der Waals surface area contributed by atoms with Crippen LogP contribution in [0.5, 0.6) is 0 Å². The normalized spacial score (nSPS) is 26.4. The fourth-order valence-electron chi connectivity index (χ4n) is 3.99. The maximum absolute atomic E-state index is 4.60. The Balaban J connectivity index is 2.34. The number of allylic oxidation sites excluding steroid dienone is 12. The van der Waals surface area contributed by atoms with Gasteiger partial charge in [-0.1, -0.05) is 63.1 Å². The van der Waals surface area contributed by atoms with Crippen LogP contribution in [-0.2, 0) is 0 Å². The molecule has 146 valence electrons. The van der Waals surface area contributed by atoms with Crippen molar-refractivity contribution in [3.8, 4) is 0 Å². The molecule has 2 rings (SSSR count). The second-order valence-electron chi connectivity index (χ2n) is 7.77. The van der Waals surface area contributed by atoms with Crippen LogP contribution in [0.3, 0.4) is 0 Å². The Bertz CT molecular complexity index is 796. The summed E-state index contributed by atoms with van der Waals surface area (Å²) in [5.41, 5.74) is 9.69. The van der Waals surface area contributed by atoms with Gasteiger partial charge in [0.25, 0.3) is 0 Å². The molecule has 27 heavy (non-hydrogen) atoms. The first kappa shape index (κ1) is 22.1. The molecule has 0 saturated heterocycles. The molecule has 0 fully saturated rings. The monoisotopic (exact) mass is 475 g/mol. The molecule has 2 aliphatic rings. The summed E-state index contributed by atoms with van der Waals surface area (Å²) < 4.78 is 1.39. The molecule has 0 radical (unpaired) electrons. The fourth-order valence-corrected chi connectivity index (χ4v) is 4.69. The average Bonchev–Trinajstić information content (AvgIpc) is 2.66. The summed E-state index contributed by atoms with van der Waals surface area (Å²) in [7, 11) is 1.91. The number of aliphatic imine (C=N–C) groups is 1. The zero-order valence-corrected chi connectivity index (χ0v) is 20.1. The van der Waals surface area contributed by atoms with Crippen LogP contribution in [0.4, 0.5) is 0 Å². The van der Waals surface area contributed by atoms with Crippen molar-refractivity contribution in [3.05, 3.63) is 67.4 Å². The molecule has 0 aromatic carbocycles. The van der Waals surface area contributed by atoms with Gasteiger partial charge in [-0.25, -0.2) is 0 Å². The number of rotatable bonds is 5. The van der Waals surface area contributed by atoms with Gasteiger partial charge >= 0.3 is 0 Å². The van der Waals surface area contributed by atoms with E-state index in [1.165, 1.54) is 31.4 Å². The highest BCUT2D eigenvalue weighted by atomic mass is 127. The molecular formula is C25H34IN. The lowest BCUT2D eigenvalue weighted by Gasteiger charge is -2.25. The van der Waals surface area contributed by atoms with Crippen molar-refractivity contribution in [2.75, 3.05) is 7.05 Å². The number of nitrogens with zero attached hydrogens (tertiary/aromatic N) is 1. The van der Waals surface area contributed by atoms with E-state index in [1.807, 2.05) is 7.05 Å². The standard InChI is InChI=1S/C25H34IN/c1-8-20(22-12-16(3)10-11-17(22)4)13-18(5)21-14-19(6)25(23(26)9-2)24(15-21)27-7/h10-12,14-15,17-18H,8-9,13H2,1-7H3/b22-20-,25-23+,27-24-. The van der Waals surface area contributed by atoms with Crippen molar-refractivity contribution in [2.45, 2.75) is 60.8 Å². The van der Waals surface area contributed by atoms with Gasteiger partial charge in [0.05, 0.1) is 5.71 Å². The van der Waals surface area contributed by atoms with Crippen molar-refractivity contribution in [3.63, 3.8) is 0 Å². The summed E-state index contributed by atoms with van der Waals surface area (Å²) >= 11 is 2.47. The summed E-state index contributed by atoms with van der Waals surface area (Å²) in [6, 6.07) is 0. The van der Waals surface area contributed by atoms with Gasteiger partial charge in [0.15, 0.2) is 0 Å². The smallest absolute Gasteiger partial charge is 0.0656 e. The highest BCUT2D eigenvalue weighted by Crippen LogP contribution is 2.35. The Hall–Kier alpha value is -1.16. The van der Waals surface area contributed by atoms with Gasteiger partial charge < -0.3 is 0 Å². The highest BCUT2D eigenvalue weighted by Gasteiger charge is 2.21. The van der Waals surface area contributed by atoms with Crippen LogP contribution in [0, 0.1) is 11.8 Å². The largest absolute Gasteiger partial charge is 0.288 e. The third kappa shape index (κ3) is 5.22. The molecular weight excluding hydrogens is 441 g/mol. The van der Waals surface area contributed by atoms with Crippen LogP contribution in [0.25, 0.3) is 0 Å². The van der Waals surface area contributed by atoms with Crippen molar-refractivity contribution >= 4 is 28.3 Å². The third-order valence-corrected chi connectivity index (χ3v) is 6.94. The second kappa shape index (κ2) is 9.86. The number of hydrogen-bond acceptors (Lipinski definition) is 1. The molecule has 0 saturated carbocycles. The third-order valence-electron chi connectivity index (χ3n) is 5.64. The molecule has 2 heteroatoms. The lowest BCUT2D eigenvalue weighted by molar-refractivity contribution is 0.657. The minimum atomic E-state index is 0.492. The van der Waals surface area contributed by atoms with E-state index >= 15 is 0 Å². The Morgan fingerprint density at radius 2 is 1.85 bits per heavy atom. The summed E-state index contributed by atoms with van der Waals surface area (Å²) in [6.07, 6.45) is 14.9. The molecule has 0 heterocycles. The van der Waals surface area contributed by atoms with E-state index in [0.717, 1.165) is 25.0 Å². The lowest BCUT2D eigenvalue weighted by atomic mass is 9.81. The molecule has 0 aromatic heterocycles. The van der Waals surface area contributed by atoms with Crippen LogP contribution in [-0.4, -0.2) is 12.8 Å². The van der Waals surface area contributed by atoms with Gasteiger partial charge in [-0.3, -0.25) is 4.99 Å². The predicted molar refractivity (Wildman–Crippen MR) is 130 cm³/mol. The Morgan fingerprint density at radius 3 is 2.44 bits per heavy atom. The van der Waals surface area contributed by atoms with E-state index in [0.29, 0.717) is 11.8 Å². The molecule has 0 aromatic rings. The number of halogens is 1. The molecule has 0 bridgehead atoms. The Kier molecular flexibility index (Phi) is 8.08. The molecule has 0 spiro atoms. The zero-order chi connectivity index (χ0) is 20.1. The lowest BCUT2D eigenvalue weighted by Crippen LogP contribution is -2.13. The van der Waals surface area contributed by atoms with Crippen LogP contribution >= 0.6 is 22.6 Å².